The molecule has 2 N–H and O–H groups in total. The summed E-state index contributed by atoms with van der Waals surface area (Å²) in [5.41, 5.74) is 3.27. The molecule has 0 radical (unpaired) electrons. The summed E-state index contributed by atoms with van der Waals surface area (Å²) in [6, 6.07) is 14.1. The van der Waals surface area contributed by atoms with Crippen molar-refractivity contribution in [1.29, 1.82) is 0 Å². The standard InChI is InChI=1S/C20H23NO4/c1-3-14-11-8-12-16(18(14)15-9-6-5-7-10-15)19(23)21-17(13-22)20(24)25-4-2/h5-12,17,22H,3-4,13H2,1-2H3,(H,21,23)/t17-/m0/s1. The molecule has 0 saturated heterocycles. The van der Waals surface area contributed by atoms with Gasteiger partial charge in [0, 0.05) is 5.56 Å². The van der Waals surface area contributed by atoms with Crippen LogP contribution in [0.5, 0.6) is 0 Å². The highest BCUT2D eigenvalue weighted by atomic mass is 16.5. The van der Waals surface area contributed by atoms with Gasteiger partial charge in [-0.25, -0.2) is 4.79 Å². The van der Waals surface area contributed by atoms with Crippen LogP contribution < -0.4 is 5.32 Å². The molecule has 2 aromatic rings. The van der Waals surface area contributed by atoms with Crippen LogP contribution in [0.2, 0.25) is 0 Å². The van der Waals surface area contributed by atoms with Crippen molar-refractivity contribution in [2.24, 2.45) is 0 Å². The Hall–Kier alpha value is -2.66. The summed E-state index contributed by atoms with van der Waals surface area (Å²) in [7, 11) is 0. The van der Waals surface area contributed by atoms with Crippen molar-refractivity contribution in [2.45, 2.75) is 26.3 Å². The topological polar surface area (TPSA) is 75.6 Å². The fourth-order valence-electron chi connectivity index (χ4n) is 2.69. The maximum absolute atomic E-state index is 12.8. The van der Waals surface area contributed by atoms with Gasteiger partial charge in [0.1, 0.15) is 0 Å². The molecule has 0 fully saturated rings. The van der Waals surface area contributed by atoms with Crippen LogP contribution in [0.3, 0.4) is 0 Å². The van der Waals surface area contributed by atoms with E-state index in [0.29, 0.717) is 5.56 Å². The highest BCUT2D eigenvalue weighted by Gasteiger charge is 2.24. The molecule has 0 heterocycles. The van der Waals surface area contributed by atoms with Gasteiger partial charge in [0.25, 0.3) is 5.91 Å². The molecule has 1 atom stereocenters. The molecule has 0 aliphatic heterocycles. The first kappa shape index (κ1) is 18.7. The third kappa shape index (κ3) is 4.45. The van der Waals surface area contributed by atoms with Crippen LogP contribution >= 0.6 is 0 Å². The van der Waals surface area contributed by atoms with Crippen molar-refractivity contribution >= 4 is 11.9 Å². The largest absolute Gasteiger partial charge is 0.464 e. The number of hydrogen-bond acceptors (Lipinski definition) is 4. The number of aliphatic hydroxyl groups is 1. The van der Waals surface area contributed by atoms with Crippen molar-refractivity contribution in [3.63, 3.8) is 0 Å². The second-order valence-corrected chi connectivity index (χ2v) is 5.52. The highest BCUT2D eigenvalue weighted by molar-refractivity contribution is 6.03. The van der Waals surface area contributed by atoms with E-state index in [1.165, 1.54) is 0 Å². The minimum absolute atomic E-state index is 0.186. The smallest absolute Gasteiger partial charge is 0.331 e. The van der Waals surface area contributed by atoms with E-state index in [1.807, 2.05) is 49.4 Å². The van der Waals surface area contributed by atoms with Crippen LogP contribution in [-0.4, -0.2) is 36.2 Å². The molecule has 132 valence electrons. The molecule has 5 nitrogen and oxygen atoms in total. The first-order chi connectivity index (χ1) is 12.1. The minimum atomic E-state index is -1.08. The summed E-state index contributed by atoms with van der Waals surface area (Å²) in [6.45, 7) is 3.37. The number of nitrogens with one attached hydrogen (secondary N) is 1. The first-order valence-electron chi connectivity index (χ1n) is 8.38. The first-order valence-corrected chi connectivity index (χ1v) is 8.38. The zero-order valence-electron chi connectivity index (χ0n) is 14.5. The van der Waals surface area contributed by atoms with E-state index >= 15 is 0 Å². The van der Waals surface area contributed by atoms with Crippen molar-refractivity contribution in [3.05, 3.63) is 59.7 Å². The number of hydrogen-bond donors (Lipinski definition) is 2. The molecule has 25 heavy (non-hydrogen) atoms. The summed E-state index contributed by atoms with van der Waals surface area (Å²) in [4.78, 5) is 24.6. The van der Waals surface area contributed by atoms with E-state index < -0.39 is 24.5 Å². The lowest BCUT2D eigenvalue weighted by Gasteiger charge is -2.18. The summed E-state index contributed by atoms with van der Waals surface area (Å²) < 4.78 is 4.88. The summed E-state index contributed by atoms with van der Waals surface area (Å²) in [6.07, 6.45) is 0.770. The molecule has 5 heteroatoms. The van der Waals surface area contributed by atoms with Crippen LogP contribution in [-0.2, 0) is 16.0 Å². The number of aliphatic hydroxyl groups excluding tert-OH is 1. The normalized spacial score (nSPS) is 11.6. The van der Waals surface area contributed by atoms with E-state index in [0.717, 1.165) is 23.1 Å². The lowest BCUT2D eigenvalue weighted by Crippen LogP contribution is -2.44. The third-order valence-electron chi connectivity index (χ3n) is 3.90. The monoisotopic (exact) mass is 341 g/mol. The number of amides is 1. The van der Waals surface area contributed by atoms with E-state index in [2.05, 4.69) is 5.32 Å². The number of esters is 1. The Morgan fingerprint density at radius 3 is 2.40 bits per heavy atom. The quantitative estimate of drug-likeness (QED) is 0.759. The predicted octanol–water partition coefficient (Wildman–Crippen LogP) is 2.57. The number of carbonyl (C=O) groups excluding carboxylic acids is 2. The van der Waals surface area contributed by atoms with Crippen LogP contribution in [0, 0.1) is 0 Å². The average molecular weight is 341 g/mol. The van der Waals surface area contributed by atoms with Gasteiger partial charge in [0.05, 0.1) is 13.2 Å². The number of benzene rings is 2. The summed E-state index contributed by atoms with van der Waals surface area (Å²) in [5.74, 6) is -1.06. The van der Waals surface area contributed by atoms with Gasteiger partial charge in [-0.05, 0) is 36.1 Å². The van der Waals surface area contributed by atoms with Gasteiger partial charge in [-0.1, -0.05) is 49.4 Å². The third-order valence-corrected chi connectivity index (χ3v) is 3.90. The average Bonchev–Trinajstić information content (AvgIpc) is 2.66. The minimum Gasteiger partial charge on any atom is -0.464 e. The molecular formula is C20H23NO4. The van der Waals surface area contributed by atoms with E-state index in [-0.39, 0.29) is 6.61 Å². The lowest BCUT2D eigenvalue weighted by molar-refractivity contribution is -0.146. The van der Waals surface area contributed by atoms with E-state index in [4.69, 9.17) is 4.74 Å². The Bertz CT molecular complexity index is 728. The van der Waals surface area contributed by atoms with Gasteiger partial charge in [-0.15, -0.1) is 0 Å². The van der Waals surface area contributed by atoms with Crippen LogP contribution in [0.1, 0.15) is 29.8 Å². The molecule has 0 aliphatic carbocycles. The summed E-state index contributed by atoms with van der Waals surface area (Å²) in [5, 5.41) is 12.0. The molecule has 0 aromatic heterocycles. The van der Waals surface area contributed by atoms with Gasteiger partial charge < -0.3 is 15.2 Å². The Labute approximate surface area is 147 Å². The van der Waals surface area contributed by atoms with Crippen LogP contribution in [0.25, 0.3) is 11.1 Å². The van der Waals surface area contributed by atoms with Crippen molar-refractivity contribution < 1.29 is 19.4 Å². The summed E-state index contributed by atoms with van der Waals surface area (Å²) >= 11 is 0. The van der Waals surface area contributed by atoms with E-state index in [9.17, 15) is 14.7 Å². The number of rotatable bonds is 7. The SMILES string of the molecule is CCOC(=O)[C@H](CO)NC(=O)c1cccc(CC)c1-c1ccccc1. The zero-order valence-corrected chi connectivity index (χ0v) is 14.5. The Morgan fingerprint density at radius 1 is 1.08 bits per heavy atom. The van der Waals surface area contributed by atoms with Gasteiger partial charge in [-0.2, -0.15) is 0 Å². The number of ether oxygens (including phenoxy) is 1. The van der Waals surface area contributed by atoms with Crippen molar-refractivity contribution in [1.82, 2.24) is 5.32 Å². The molecule has 0 spiro atoms. The van der Waals surface area contributed by atoms with Crippen molar-refractivity contribution in [3.8, 4) is 11.1 Å². The van der Waals surface area contributed by atoms with Gasteiger partial charge in [0.2, 0.25) is 0 Å². The van der Waals surface area contributed by atoms with Crippen LogP contribution in [0.15, 0.2) is 48.5 Å². The molecule has 0 bridgehead atoms. The second kappa shape index (κ2) is 8.99. The fraction of sp³-hybridized carbons (Fsp3) is 0.300. The van der Waals surface area contributed by atoms with Crippen LogP contribution in [0.4, 0.5) is 0 Å². The fourth-order valence-corrected chi connectivity index (χ4v) is 2.69. The Kier molecular flexibility index (Phi) is 6.71. The molecule has 0 aliphatic rings. The second-order valence-electron chi connectivity index (χ2n) is 5.52. The van der Waals surface area contributed by atoms with Gasteiger partial charge in [-0.3, -0.25) is 4.79 Å². The molecule has 1 amide bonds. The Balaban J connectivity index is 2.38. The lowest BCUT2D eigenvalue weighted by atomic mass is 9.92. The molecule has 0 unspecified atom stereocenters. The van der Waals surface area contributed by atoms with E-state index in [1.54, 1.807) is 13.0 Å². The molecular weight excluding hydrogens is 318 g/mol. The Morgan fingerprint density at radius 2 is 1.80 bits per heavy atom. The number of carbonyl (C=O) groups is 2. The highest BCUT2D eigenvalue weighted by Crippen LogP contribution is 2.28. The zero-order chi connectivity index (χ0) is 18.2. The van der Waals surface area contributed by atoms with Crippen molar-refractivity contribution in [2.75, 3.05) is 13.2 Å². The molecule has 2 rings (SSSR count). The molecule has 2 aromatic carbocycles. The van der Waals surface area contributed by atoms with Gasteiger partial charge in [0.15, 0.2) is 6.04 Å². The van der Waals surface area contributed by atoms with Gasteiger partial charge >= 0.3 is 5.97 Å². The maximum atomic E-state index is 12.8. The number of aryl methyl sites for hydroxylation is 1. The molecule has 0 saturated carbocycles. The maximum Gasteiger partial charge on any atom is 0.331 e. The predicted molar refractivity (Wildman–Crippen MR) is 96.2 cm³/mol.